The maximum atomic E-state index is 13.7. The number of thioether (sulfide) groups is 1. The molecule has 8 nitrogen and oxygen atoms in total. The van der Waals surface area contributed by atoms with E-state index in [1.54, 1.807) is 17.8 Å². The van der Waals surface area contributed by atoms with Gasteiger partial charge in [0.05, 0.1) is 17.6 Å². The van der Waals surface area contributed by atoms with E-state index in [4.69, 9.17) is 17.3 Å². The topological polar surface area (TPSA) is 114 Å². The van der Waals surface area contributed by atoms with E-state index in [-0.39, 0.29) is 11.2 Å². The summed E-state index contributed by atoms with van der Waals surface area (Å²) in [5.74, 6) is 0.556. The van der Waals surface area contributed by atoms with Gasteiger partial charge >= 0.3 is 0 Å². The number of aryl methyl sites for hydroxylation is 1. The van der Waals surface area contributed by atoms with E-state index >= 15 is 0 Å². The Morgan fingerprint density at radius 3 is 2.83 bits per heavy atom. The van der Waals surface area contributed by atoms with Crippen LogP contribution in [0.25, 0.3) is 0 Å². The molecule has 0 saturated heterocycles. The largest absolute Gasteiger partial charge is 0.384 e. The van der Waals surface area contributed by atoms with E-state index in [1.165, 1.54) is 23.1 Å². The van der Waals surface area contributed by atoms with E-state index in [2.05, 4.69) is 46.9 Å². The van der Waals surface area contributed by atoms with Crippen molar-refractivity contribution in [2.45, 2.75) is 43.5 Å². The van der Waals surface area contributed by atoms with Gasteiger partial charge in [-0.3, -0.25) is 9.69 Å². The zero-order valence-corrected chi connectivity index (χ0v) is 22.4. The van der Waals surface area contributed by atoms with Gasteiger partial charge in [0.2, 0.25) is 5.16 Å². The van der Waals surface area contributed by atoms with Gasteiger partial charge in [-0.05, 0) is 57.5 Å². The molecule has 1 aliphatic carbocycles. The van der Waals surface area contributed by atoms with Crippen LogP contribution in [0.3, 0.4) is 0 Å². The highest BCUT2D eigenvalue weighted by Crippen LogP contribution is 2.51. The number of nitrogens with two attached hydrogens (primary N) is 1. The fourth-order valence-corrected chi connectivity index (χ4v) is 6.92. The normalized spacial score (nSPS) is 19.5. The van der Waals surface area contributed by atoms with Gasteiger partial charge in [0, 0.05) is 46.1 Å². The number of rotatable bonds is 5. The lowest BCUT2D eigenvalue weighted by Crippen LogP contribution is -2.42. The maximum Gasteiger partial charge on any atom is 0.209 e. The van der Waals surface area contributed by atoms with Crippen LogP contribution in [-0.4, -0.2) is 26.0 Å². The summed E-state index contributed by atoms with van der Waals surface area (Å²) in [5, 5.41) is 25.1. The van der Waals surface area contributed by atoms with Crippen molar-refractivity contribution in [2.75, 3.05) is 4.90 Å². The van der Waals surface area contributed by atoms with E-state index in [1.807, 2.05) is 23.1 Å². The van der Waals surface area contributed by atoms with Crippen LogP contribution in [0.4, 0.5) is 5.69 Å². The average Bonchev–Trinajstić information content (AvgIpc) is 3.44. The number of benzene rings is 1. The number of Topliss-reactive ketones (excluding diaryl/α,β-unsaturated/α-hetero) is 1. The quantitative estimate of drug-likeness (QED) is 0.444. The lowest BCUT2D eigenvalue weighted by atomic mass is 9.69. The Hall–Kier alpha value is -3.13. The Kier molecular flexibility index (Phi) is 6.41. The van der Waals surface area contributed by atoms with Gasteiger partial charge in [0.1, 0.15) is 5.82 Å². The Morgan fingerprint density at radius 1 is 1.33 bits per heavy atom. The summed E-state index contributed by atoms with van der Waals surface area (Å²) in [4.78, 5) is 16.4. The molecule has 36 heavy (non-hydrogen) atoms. The third-order valence-electron chi connectivity index (χ3n) is 6.36. The van der Waals surface area contributed by atoms with Gasteiger partial charge in [0.15, 0.2) is 5.78 Å². The number of hydrogen-bond donors (Lipinski definition) is 1. The Labute approximate surface area is 222 Å². The number of thiophene rings is 1. The number of allylic oxidation sites excluding steroid dienone is 3. The molecule has 0 amide bonds. The van der Waals surface area contributed by atoms with Gasteiger partial charge in [-0.2, -0.15) is 5.26 Å². The van der Waals surface area contributed by atoms with Gasteiger partial charge in [-0.1, -0.05) is 43.3 Å². The molecule has 0 unspecified atom stereocenters. The molecule has 3 aromatic rings. The summed E-state index contributed by atoms with van der Waals surface area (Å²) < 4.78 is 1.63. The molecule has 0 bridgehead atoms. The van der Waals surface area contributed by atoms with Crippen molar-refractivity contribution < 1.29 is 4.79 Å². The second kappa shape index (κ2) is 9.39. The molecule has 2 aliphatic rings. The van der Waals surface area contributed by atoms with E-state index in [9.17, 15) is 10.1 Å². The third kappa shape index (κ3) is 4.43. The molecule has 0 radical (unpaired) electrons. The number of anilines is 1. The predicted octanol–water partition coefficient (Wildman–Crippen LogP) is 5.16. The molecule has 1 atom stereocenters. The standard InChI is InChI=1S/C25H24ClN7OS2/c1-25(2)9-18-22(19(34)10-25)21(17(11-27)23(28)33(18)16-6-4-5-15(26)8-16)20-7-14(12-35-20)13-36-24-29-30-31-32(24)3/h4-8,12,21H,9-10,13,28H2,1-3H3/t21-/m0/s1. The van der Waals surface area contributed by atoms with Gasteiger partial charge in [0.25, 0.3) is 0 Å². The number of nitrogens with zero attached hydrogens (tertiary/aromatic N) is 6. The van der Waals surface area contributed by atoms with Crippen LogP contribution < -0.4 is 10.6 Å². The maximum absolute atomic E-state index is 13.7. The van der Waals surface area contributed by atoms with Gasteiger partial charge < -0.3 is 5.73 Å². The Balaban J connectivity index is 1.59. The van der Waals surface area contributed by atoms with Crippen LogP contribution in [-0.2, 0) is 17.6 Å². The van der Waals surface area contributed by atoms with Crippen molar-refractivity contribution in [1.82, 2.24) is 20.2 Å². The van der Waals surface area contributed by atoms with E-state index in [0.717, 1.165) is 21.8 Å². The summed E-state index contributed by atoms with van der Waals surface area (Å²) in [7, 11) is 1.80. The molecule has 5 rings (SSSR count). The number of carbonyl (C=O) groups excluding carboxylic acids is 1. The summed E-state index contributed by atoms with van der Waals surface area (Å²) in [6.07, 6.45) is 1.07. The highest BCUT2D eigenvalue weighted by Gasteiger charge is 2.45. The van der Waals surface area contributed by atoms with Crippen LogP contribution >= 0.6 is 34.7 Å². The van der Waals surface area contributed by atoms with Crippen molar-refractivity contribution in [1.29, 1.82) is 5.26 Å². The second-order valence-corrected chi connectivity index (χ2v) is 12.0. The van der Waals surface area contributed by atoms with Crippen molar-refractivity contribution in [3.63, 3.8) is 0 Å². The molecule has 2 N–H and O–H groups in total. The highest BCUT2D eigenvalue weighted by atomic mass is 35.5. The minimum absolute atomic E-state index is 0.0491. The molecule has 0 saturated carbocycles. The first-order valence-electron chi connectivity index (χ1n) is 11.3. The minimum Gasteiger partial charge on any atom is -0.384 e. The van der Waals surface area contributed by atoms with Crippen LogP contribution in [0, 0.1) is 16.7 Å². The average molecular weight is 538 g/mol. The van der Waals surface area contributed by atoms with Crippen molar-refractivity contribution >= 4 is 46.2 Å². The molecule has 2 aromatic heterocycles. The minimum atomic E-state index is -0.496. The van der Waals surface area contributed by atoms with E-state index < -0.39 is 5.92 Å². The molecule has 11 heteroatoms. The van der Waals surface area contributed by atoms with Crippen molar-refractivity contribution in [3.8, 4) is 6.07 Å². The summed E-state index contributed by atoms with van der Waals surface area (Å²) >= 11 is 9.37. The van der Waals surface area contributed by atoms with Crippen LogP contribution in [0.15, 0.2) is 63.5 Å². The van der Waals surface area contributed by atoms with Crippen LogP contribution in [0.5, 0.6) is 0 Å². The fourth-order valence-electron chi connectivity index (χ4n) is 4.82. The number of carbonyl (C=O) groups is 1. The Morgan fingerprint density at radius 2 is 2.14 bits per heavy atom. The molecule has 1 aromatic carbocycles. The number of aromatic nitrogens is 4. The third-order valence-corrected chi connectivity index (χ3v) is 8.72. The van der Waals surface area contributed by atoms with Crippen LogP contribution in [0.2, 0.25) is 5.02 Å². The number of tetrazole rings is 1. The molecular weight excluding hydrogens is 514 g/mol. The highest BCUT2D eigenvalue weighted by molar-refractivity contribution is 7.98. The van der Waals surface area contributed by atoms with Crippen molar-refractivity contribution in [3.05, 3.63) is 73.8 Å². The second-order valence-electron chi connectivity index (χ2n) is 9.69. The first kappa shape index (κ1) is 24.6. The predicted molar refractivity (Wildman–Crippen MR) is 141 cm³/mol. The first-order valence-corrected chi connectivity index (χ1v) is 13.6. The Bertz CT molecular complexity index is 1460. The SMILES string of the molecule is Cn1nnnc1SCc1csc([C@@H]2C(C#N)=C(N)N(c3cccc(Cl)c3)C3=C2C(=O)CC(C)(C)C3)c1. The lowest BCUT2D eigenvalue weighted by molar-refractivity contribution is -0.118. The van der Waals surface area contributed by atoms with Gasteiger partial charge in [-0.15, -0.1) is 16.4 Å². The fraction of sp³-hybridized carbons (Fsp3) is 0.320. The number of halogens is 1. The molecule has 0 spiro atoms. The van der Waals surface area contributed by atoms with E-state index in [0.29, 0.717) is 45.7 Å². The monoisotopic (exact) mass is 537 g/mol. The molecule has 1 aliphatic heterocycles. The molecule has 184 valence electrons. The summed E-state index contributed by atoms with van der Waals surface area (Å²) in [6.45, 7) is 4.17. The van der Waals surface area contributed by atoms with Gasteiger partial charge in [-0.25, -0.2) is 4.68 Å². The molecule has 3 heterocycles. The van der Waals surface area contributed by atoms with Crippen LogP contribution in [0.1, 0.15) is 43.0 Å². The molecular formula is C25H24ClN7OS2. The number of ketones is 1. The number of hydrogen-bond acceptors (Lipinski definition) is 9. The zero-order chi connectivity index (χ0) is 25.6. The van der Waals surface area contributed by atoms with Crippen molar-refractivity contribution in [2.24, 2.45) is 18.2 Å². The first-order chi connectivity index (χ1) is 17.2. The lowest BCUT2D eigenvalue weighted by Gasteiger charge is -2.43. The summed E-state index contributed by atoms with van der Waals surface area (Å²) in [5.41, 5.74) is 10.1. The smallest absolute Gasteiger partial charge is 0.209 e. The zero-order valence-electron chi connectivity index (χ0n) is 20.0. The number of nitriles is 1. The summed E-state index contributed by atoms with van der Waals surface area (Å²) in [6, 6.07) is 11.7. The molecule has 0 fully saturated rings.